The summed E-state index contributed by atoms with van der Waals surface area (Å²) in [5.74, 6) is 0. The first-order valence-corrected chi connectivity index (χ1v) is 3.13. The summed E-state index contributed by atoms with van der Waals surface area (Å²) in [4.78, 5) is 4.03. The van der Waals surface area contributed by atoms with E-state index in [0.29, 0.717) is 0 Å². The first-order valence-electron chi connectivity index (χ1n) is 3.13. The summed E-state index contributed by atoms with van der Waals surface area (Å²) < 4.78 is 0. The lowest BCUT2D eigenvalue weighted by molar-refractivity contribution is 0.802. The molecule has 0 aromatic carbocycles. The second kappa shape index (κ2) is 1.72. The molecular weight excluding hydrogens is 112 g/mol. The van der Waals surface area contributed by atoms with Crippen LogP contribution in [0.4, 0.5) is 0 Å². The van der Waals surface area contributed by atoms with Gasteiger partial charge in [-0.25, -0.2) is 0 Å². The van der Waals surface area contributed by atoms with E-state index in [9.17, 15) is 0 Å². The molecule has 0 spiro atoms. The van der Waals surface area contributed by atoms with E-state index in [1.807, 2.05) is 18.6 Å². The third-order valence-corrected chi connectivity index (χ3v) is 1.61. The Bertz CT molecular complexity index is 211. The Hall–Kier alpha value is -1.05. The molecule has 0 fully saturated rings. The zero-order valence-corrected chi connectivity index (χ0v) is 5.09. The maximum atomic E-state index is 4.03. The van der Waals surface area contributed by atoms with Crippen molar-refractivity contribution in [1.82, 2.24) is 5.32 Å². The number of hydrogen-bond donors (Lipinski definition) is 1. The zero-order valence-electron chi connectivity index (χ0n) is 5.09. The Labute approximate surface area is 54.0 Å². The second-order valence-corrected chi connectivity index (χ2v) is 2.24. The van der Waals surface area contributed by atoms with E-state index < -0.39 is 0 Å². The number of rotatable bonds is 0. The van der Waals surface area contributed by atoms with Crippen molar-refractivity contribution in [2.24, 2.45) is 4.99 Å². The van der Waals surface area contributed by atoms with Crippen molar-refractivity contribution < 1.29 is 0 Å². The van der Waals surface area contributed by atoms with Crippen LogP contribution in [0.25, 0.3) is 0 Å². The van der Waals surface area contributed by atoms with E-state index in [-0.39, 0.29) is 0 Å². The van der Waals surface area contributed by atoms with E-state index >= 15 is 0 Å². The lowest BCUT2D eigenvalue weighted by atomic mass is 10.1. The summed E-state index contributed by atoms with van der Waals surface area (Å²) in [6.45, 7) is 1.05. The molecule has 0 atom stereocenters. The van der Waals surface area contributed by atoms with Crippen LogP contribution in [0.1, 0.15) is 6.42 Å². The predicted octanol–water partition coefficient (Wildman–Crippen LogP) is 0.832. The third kappa shape index (κ3) is 0.669. The molecule has 2 rings (SSSR count). The molecule has 2 heterocycles. The van der Waals surface area contributed by atoms with Crippen LogP contribution in [0.15, 0.2) is 28.5 Å². The quantitative estimate of drug-likeness (QED) is 0.503. The van der Waals surface area contributed by atoms with Gasteiger partial charge in [0.05, 0.1) is 0 Å². The molecule has 9 heavy (non-hydrogen) atoms. The van der Waals surface area contributed by atoms with Gasteiger partial charge in [-0.3, -0.25) is 4.99 Å². The molecule has 0 aromatic heterocycles. The van der Waals surface area contributed by atoms with Crippen LogP contribution in [0.3, 0.4) is 0 Å². The number of nitrogens with one attached hydrogen (secondary N) is 1. The van der Waals surface area contributed by atoms with Crippen LogP contribution in [0.2, 0.25) is 0 Å². The summed E-state index contributed by atoms with van der Waals surface area (Å²) in [7, 11) is 0. The molecule has 0 bridgehead atoms. The van der Waals surface area contributed by atoms with Crippen molar-refractivity contribution in [3.05, 3.63) is 23.5 Å². The minimum Gasteiger partial charge on any atom is -0.390 e. The zero-order chi connectivity index (χ0) is 6.10. The highest BCUT2D eigenvalue weighted by molar-refractivity contribution is 5.88. The standard InChI is InChI=1S/C7H8N2/c1-2-8-4-7-5-9-3-6(1)7/h3-5,8H,1-2H2. The average Bonchev–Trinajstić information content (AvgIpc) is 2.33. The van der Waals surface area contributed by atoms with Gasteiger partial charge in [-0.2, -0.15) is 0 Å². The van der Waals surface area contributed by atoms with E-state index in [2.05, 4.69) is 10.3 Å². The smallest absolute Gasteiger partial charge is 0.0358 e. The fourth-order valence-corrected chi connectivity index (χ4v) is 1.09. The van der Waals surface area contributed by atoms with Gasteiger partial charge in [-0.05, 0) is 12.0 Å². The molecule has 0 saturated carbocycles. The fraction of sp³-hybridized carbons (Fsp3) is 0.286. The van der Waals surface area contributed by atoms with Gasteiger partial charge in [0.15, 0.2) is 0 Å². The first-order chi connectivity index (χ1) is 4.47. The van der Waals surface area contributed by atoms with E-state index in [1.165, 1.54) is 11.1 Å². The van der Waals surface area contributed by atoms with E-state index in [4.69, 9.17) is 0 Å². The van der Waals surface area contributed by atoms with Crippen molar-refractivity contribution in [3.8, 4) is 0 Å². The lowest BCUT2D eigenvalue weighted by Crippen LogP contribution is -2.14. The highest BCUT2D eigenvalue weighted by atomic mass is 14.9. The van der Waals surface area contributed by atoms with Crippen molar-refractivity contribution in [2.45, 2.75) is 6.42 Å². The third-order valence-electron chi connectivity index (χ3n) is 1.61. The van der Waals surface area contributed by atoms with Gasteiger partial charge in [0.25, 0.3) is 0 Å². The summed E-state index contributed by atoms with van der Waals surface area (Å²) in [6, 6.07) is 0. The summed E-state index contributed by atoms with van der Waals surface area (Å²) >= 11 is 0. The first kappa shape index (κ1) is 4.79. The van der Waals surface area contributed by atoms with Crippen LogP contribution in [-0.2, 0) is 0 Å². The molecule has 0 unspecified atom stereocenters. The molecule has 0 aromatic rings. The minimum atomic E-state index is 1.05. The van der Waals surface area contributed by atoms with Crippen molar-refractivity contribution in [1.29, 1.82) is 0 Å². The van der Waals surface area contributed by atoms with Crippen LogP contribution < -0.4 is 5.32 Å². The Balaban J connectivity index is 2.38. The predicted molar refractivity (Wildman–Crippen MR) is 37.3 cm³/mol. The number of hydrogen-bond acceptors (Lipinski definition) is 2. The normalized spacial score (nSPS) is 22.2. The van der Waals surface area contributed by atoms with Crippen LogP contribution in [0.5, 0.6) is 0 Å². The van der Waals surface area contributed by atoms with Crippen LogP contribution in [-0.4, -0.2) is 12.8 Å². The van der Waals surface area contributed by atoms with Crippen molar-refractivity contribution in [2.75, 3.05) is 6.54 Å². The Morgan fingerprint density at radius 3 is 3.44 bits per heavy atom. The number of allylic oxidation sites excluding steroid dienone is 1. The van der Waals surface area contributed by atoms with Gasteiger partial charge in [-0.15, -0.1) is 0 Å². The molecular formula is C7H8N2. The Morgan fingerprint density at radius 2 is 2.56 bits per heavy atom. The number of nitrogens with zero attached hydrogens (tertiary/aromatic N) is 1. The largest absolute Gasteiger partial charge is 0.390 e. The average molecular weight is 120 g/mol. The molecule has 2 aliphatic heterocycles. The minimum absolute atomic E-state index is 1.05. The Morgan fingerprint density at radius 1 is 1.56 bits per heavy atom. The van der Waals surface area contributed by atoms with Gasteiger partial charge in [0, 0.05) is 30.7 Å². The molecule has 2 nitrogen and oxygen atoms in total. The number of fused-ring (bicyclic) bond motifs is 1. The van der Waals surface area contributed by atoms with Gasteiger partial charge in [0.2, 0.25) is 0 Å². The van der Waals surface area contributed by atoms with Crippen molar-refractivity contribution in [3.63, 3.8) is 0 Å². The highest BCUT2D eigenvalue weighted by Gasteiger charge is 2.09. The lowest BCUT2D eigenvalue weighted by Gasteiger charge is -2.10. The van der Waals surface area contributed by atoms with Crippen LogP contribution in [0, 0.1) is 0 Å². The molecule has 0 radical (unpaired) electrons. The molecule has 0 saturated heterocycles. The van der Waals surface area contributed by atoms with Crippen LogP contribution >= 0.6 is 0 Å². The van der Waals surface area contributed by atoms with Gasteiger partial charge in [-0.1, -0.05) is 0 Å². The summed E-state index contributed by atoms with van der Waals surface area (Å²) in [6.07, 6.45) is 6.96. The molecule has 2 aliphatic rings. The summed E-state index contributed by atoms with van der Waals surface area (Å²) in [5, 5.41) is 3.16. The fourth-order valence-electron chi connectivity index (χ4n) is 1.09. The SMILES string of the molecule is C1=NC=C2CCNC=C12. The molecule has 0 amide bonds. The maximum absolute atomic E-state index is 4.03. The van der Waals surface area contributed by atoms with Gasteiger partial charge < -0.3 is 5.32 Å². The maximum Gasteiger partial charge on any atom is 0.0358 e. The van der Waals surface area contributed by atoms with E-state index in [0.717, 1.165) is 13.0 Å². The van der Waals surface area contributed by atoms with Gasteiger partial charge in [0.1, 0.15) is 0 Å². The summed E-state index contributed by atoms with van der Waals surface area (Å²) in [5.41, 5.74) is 2.62. The number of aliphatic imine (C=N–C) groups is 1. The van der Waals surface area contributed by atoms with Gasteiger partial charge >= 0.3 is 0 Å². The monoisotopic (exact) mass is 120 g/mol. The molecule has 0 aliphatic carbocycles. The Kier molecular flexibility index (Phi) is 0.918. The topological polar surface area (TPSA) is 24.4 Å². The second-order valence-electron chi connectivity index (χ2n) is 2.24. The highest BCUT2D eigenvalue weighted by Crippen LogP contribution is 2.18. The molecule has 1 N–H and O–H groups in total. The van der Waals surface area contributed by atoms with E-state index in [1.54, 1.807) is 0 Å². The molecule has 2 heteroatoms. The van der Waals surface area contributed by atoms with Crippen molar-refractivity contribution >= 4 is 6.21 Å². The molecule has 46 valence electrons.